The van der Waals surface area contributed by atoms with Crippen LogP contribution in [0.15, 0.2) is 165 Å². The summed E-state index contributed by atoms with van der Waals surface area (Å²) in [4.78, 5) is 5.09. The van der Waals surface area contributed by atoms with Crippen LogP contribution in [0.1, 0.15) is 29.0 Å². The summed E-state index contributed by atoms with van der Waals surface area (Å²) in [6.07, 6.45) is -0.478. The van der Waals surface area contributed by atoms with Crippen LogP contribution >= 0.6 is 0 Å². The third-order valence-corrected chi connectivity index (χ3v) is 9.55. The summed E-state index contributed by atoms with van der Waals surface area (Å²) < 4.78 is 13.5. The minimum Gasteiger partial charge on any atom is -0.455 e. The molecule has 2 atom stereocenters. The quantitative estimate of drug-likeness (QED) is 0.206. The van der Waals surface area contributed by atoms with Gasteiger partial charge in [0.15, 0.2) is 0 Å². The van der Waals surface area contributed by atoms with Crippen molar-refractivity contribution in [2.75, 3.05) is 0 Å². The third-order valence-electron chi connectivity index (χ3n) is 9.55. The zero-order chi connectivity index (χ0) is 31.6. The van der Waals surface area contributed by atoms with Gasteiger partial charge in [-0.05, 0) is 28.5 Å². The van der Waals surface area contributed by atoms with Gasteiger partial charge in [0.05, 0.1) is 0 Å². The molecule has 10 rings (SSSR count). The molecule has 2 unspecified atom stereocenters. The average molecular weight is 620 g/mol. The Kier molecular flexibility index (Phi) is 6.01. The minimum absolute atomic E-state index is 0.231. The van der Waals surface area contributed by atoms with Crippen LogP contribution < -0.4 is 10.6 Å². The first-order valence-corrected chi connectivity index (χ1v) is 16.3. The van der Waals surface area contributed by atoms with E-state index in [1.807, 2.05) is 24.3 Å². The van der Waals surface area contributed by atoms with Crippen LogP contribution in [0, 0.1) is 0 Å². The number of amidine groups is 1. The highest BCUT2D eigenvalue weighted by molar-refractivity contribution is 6.16. The van der Waals surface area contributed by atoms with Crippen molar-refractivity contribution in [3.8, 4) is 11.1 Å². The molecule has 5 nitrogen and oxygen atoms in total. The SMILES string of the molecule is c1ccc(C2=NC(c3ccccc3)NC(c3cccc4c3oc3c(-c5cccc6c5oc5cc7ccccc7cc56)cccc34)N2)cc1. The normalized spacial score (nSPS) is 16.5. The molecule has 2 aromatic heterocycles. The number of aliphatic imine (C=N–C) groups is 1. The molecule has 7 aromatic carbocycles. The van der Waals surface area contributed by atoms with Gasteiger partial charge in [-0.3, -0.25) is 5.32 Å². The van der Waals surface area contributed by atoms with Gasteiger partial charge in [-0.15, -0.1) is 0 Å². The average Bonchev–Trinajstić information content (AvgIpc) is 3.72. The molecular formula is C43H29N3O2. The number of hydrogen-bond donors (Lipinski definition) is 2. The van der Waals surface area contributed by atoms with E-state index < -0.39 is 0 Å². The van der Waals surface area contributed by atoms with Crippen LogP contribution in [0.2, 0.25) is 0 Å². The first-order valence-electron chi connectivity index (χ1n) is 16.3. The first kappa shape index (κ1) is 27.0. The maximum absolute atomic E-state index is 6.93. The highest BCUT2D eigenvalue weighted by atomic mass is 16.3. The van der Waals surface area contributed by atoms with Crippen LogP contribution in [-0.2, 0) is 0 Å². The highest BCUT2D eigenvalue weighted by Gasteiger charge is 2.28. The fourth-order valence-electron chi connectivity index (χ4n) is 7.24. The smallest absolute Gasteiger partial charge is 0.143 e. The van der Waals surface area contributed by atoms with Crippen LogP contribution in [0.25, 0.3) is 65.8 Å². The maximum Gasteiger partial charge on any atom is 0.143 e. The van der Waals surface area contributed by atoms with E-state index in [1.54, 1.807) is 0 Å². The fourth-order valence-corrected chi connectivity index (χ4v) is 7.24. The van der Waals surface area contributed by atoms with Gasteiger partial charge in [0.25, 0.3) is 0 Å². The summed E-state index contributed by atoms with van der Waals surface area (Å²) in [6.45, 7) is 0. The minimum atomic E-state index is -0.247. The third kappa shape index (κ3) is 4.25. The zero-order valence-corrected chi connectivity index (χ0v) is 25.9. The highest BCUT2D eigenvalue weighted by Crippen LogP contribution is 2.43. The molecule has 48 heavy (non-hydrogen) atoms. The lowest BCUT2D eigenvalue weighted by Crippen LogP contribution is -2.45. The van der Waals surface area contributed by atoms with E-state index in [4.69, 9.17) is 13.8 Å². The number of benzene rings is 7. The molecule has 1 aliphatic rings. The molecule has 5 heteroatoms. The molecule has 1 aliphatic heterocycles. The number of furan rings is 2. The van der Waals surface area contributed by atoms with E-state index in [2.05, 4.69) is 138 Å². The van der Waals surface area contributed by atoms with Gasteiger partial charge in [-0.2, -0.15) is 0 Å². The Bertz CT molecular complexity index is 2690. The van der Waals surface area contributed by atoms with Gasteiger partial charge < -0.3 is 14.2 Å². The molecule has 0 bridgehead atoms. The molecule has 3 heterocycles. The van der Waals surface area contributed by atoms with Gasteiger partial charge >= 0.3 is 0 Å². The van der Waals surface area contributed by atoms with Crippen molar-refractivity contribution in [3.63, 3.8) is 0 Å². The summed E-state index contributed by atoms with van der Waals surface area (Å²) >= 11 is 0. The van der Waals surface area contributed by atoms with Crippen LogP contribution in [0.5, 0.6) is 0 Å². The lowest BCUT2D eigenvalue weighted by Gasteiger charge is -2.32. The second kappa shape index (κ2) is 10.7. The monoisotopic (exact) mass is 619 g/mol. The van der Waals surface area contributed by atoms with Crippen molar-refractivity contribution in [3.05, 3.63) is 168 Å². The molecule has 0 amide bonds. The molecule has 0 saturated carbocycles. The number of rotatable bonds is 4. The summed E-state index contributed by atoms with van der Waals surface area (Å²) in [5.74, 6) is 0.839. The number of hydrogen-bond acceptors (Lipinski definition) is 5. The molecule has 9 aromatic rings. The predicted octanol–water partition coefficient (Wildman–Crippen LogP) is 10.6. The lowest BCUT2D eigenvalue weighted by atomic mass is 9.99. The van der Waals surface area contributed by atoms with E-state index in [1.165, 1.54) is 5.39 Å². The van der Waals surface area contributed by atoms with Gasteiger partial charge in [0.1, 0.15) is 40.5 Å². The Labute approximate surface area is 276 Å². The Morgan fingerprint density at radius 1 is 0.500 bits per heavy atom. The topological polar surface area (TPSA) is 62.7 Å². The standard InChI is InChI=1S/C43H29N3O2/c1-3-12-26(13-4-1)41-44-42(27-14-5-2-6-15-27)46-43(45-41)35-23-11-21-33-32-20-9-19-31(39(32)48-40(33)35)30-18-10-22-34-36-24-28-16-7-8-17-29(28)25-37(36)47-38(30)34/h1-25,41,43,45H,(H,44,46). The molecule has 0 radical (unpaired) electrons. The van der Waals surface area contributed by atoms with E-state index in [0.29, 0.717) is 0 Å². The van der Waals surface area contributed by atoms with Crippen molar-refractivity contribution in [1.29, 1.82) is 0 Å². The lowest BCUT2D eigenvalue weighted by molar-refractivity contribution is 0.408. The second-order valence-electron chi connectivity index (χ2n) is 12.4. The van der Waals surface area contributed by atoms with Crippen molar-refractivity contribution in [2.24, 2.45) is 4.99 Å². The maximum atomic E-state index is 6.93. The van der Waals surface area contributed by atoms with Crippen LogP contribution in [0.3, 0.4) is 0 Å². The molecule has 0 spiro atoms. The Morgan fingerprint density at radius 3 is 1.85 bits per heavy atom. The zero-order valence-electron chi connectivity index (χ0n) is 25.9. The molecular weight excluding hydrogens is 590 g/mol. The first-order chi connectivity index (χ1) is 23.8. The molecule has 228 valence electrons. The van der Waals surface area contributed by atoms with E-state index in [9.17, 15) is 0 Å². The Morgan fingerprint density at radius 2 is 1.10 bits per heavy atom. The number of para-hydroxylation sites is 3. The van der Waals surface area contributed by atoms with Crippen molar-refractivity contribution in [1.82, 2.24) is 10.6 Å². The Balaban J connectivity index is 1.13. The predicted molar refractivity (Wildman–Crippen MR) is 195 cm³/mol. The molecule has 2 N–H and O–H groups in total. The van der Waals surface area contributed by atoms with Crippen molar-refractivity contribution in [2.45, 2.75) is 12.3 Å². The van der Waals surface area contributed by atoms with E-state index >= 15 is 0 Å². The number of nitrogens with one attached hydrogen (secondary N) is 2. The fraction of sp³-hybridized carbons (Fsp3) is 0.0465. The molecule has 0 fully saturated rings. The van der Waals surface area contributed by atoms with Gasteiger partial charge in [0.2, 0.25) is 0 Å². The Hall–Kier alpha value is -6.17. The van der Waals surface area contributed by atoms with Gasteiger partial charge in [-0.1, -0.05) is 140 Å². The number of nitrogens with zero attached hydrogens (tertiary/aromatic N) is 1. The summed E-state index contributed by atoms with van der Waals surface area (Å²) in [5.41, 5.74) is 8.60. The molecule has 0 saturated heterocycles. The number of fused-ring (bicyclic) bond motifs is 7. The van der Waals surface area contributed by atoms with E-state index in [0.717, 1.165) is 82.9 Å². The molecule has 0 aliphatic carbocycles. The van der Waals surface area contributed by atoms with Gasteiger partial charge in [-0.25, -0.2) is 4.99 Å². The largest absolute Gasteiger partial charge is 0.455 e. The van der Waals surface area contributed by atoms with Crippen molar-refractivity contribution < 1.29 is 8.83 Å². The summed E-state index contributed by atoms with van der Waals surface area (Å²) in [7, 11) is 0. The summed E-state index contributed by atoms with van der Waals surface area (Å²) in [5, 5.41) is 14.1. The summed E-state index contributed by atoms with van der Waals surface area (Å²) in [6, 6.07) is 52.6. The van der Waals surface area contributed by atoms with Crippen LogP contribution in [0.4, 0.5) is 0 Å². The van der Waals surface area contributed by atoms with Crippen molar-refractivity contribution >= 4 is 60.5 Å². The van der Waals surface area contributed by atoms with Gasteiger partial charge in [0, 0.05) is 43.8 Å². The second-order valence-corrected chi connectivity index (χ2v) is 12.4. The van der Waals surface area contributed by atoms with Crippen LogP contribution in [-0.4, -0.2) is 5.84 Å². The van der Waals surface area contributed by atoms with E-state index in [-0.39, 0.29) is 12.3 Å².